The molecule has 2 aromatic carbocycles. The van der Waals surface area contributed by atoms with E-state index in [1.165, 1.54) is 44.4 Å². The van der Waals surface area contributed by atoms with Gasteiger partial charge in [-0.3, -0.25) is 34.3 Å². The van der Waals surface area contributed by atoms with Gasteiger partial charge in [0.05, 0.1) is 34.8 Å². The molecule has 2 aliphatic rings. The highest BCUT2D eigenvalue weighted by Gasteiger charge is 2.23. The van der Waals surface area contributed by atoms with Gasteiger partial charge >= 0.3 is 0 Å². The number of fused-ring (bicyclic) bond motifs is 2. The Balaban J connectivity index is 0.000000145. The van der Waals surface area contributed by atoms with Gasteiger partial charge in [0.25, 0.3) is 5.91 Å². The number of amides is 2. The zero-order valence-electron chi connectivity index (χ0n) is 27.7. The van der Waals surface area contributed by atoms with E-state index in [0.717, 1.165) is 38.8 Å². The highest BCUT2D eigenvalue weighted by Crippen LogP contribution is 2.28. The van der Waals surface area contributed by atoms with Gasteiger partial charge in [0.15, 0.2) is 10.3 Å². The lowest BCUT2D eigenvalue weighted by Crippen LogP contribution is -2.20. The average molecular weight is 749 g/mol. The van der Waals surface area contributed by atoms with Crippen molar-refractivity contribution < 1.29 is 14.4 Å². The Kier molecular flexibility index (Phi) is 12.2. The number of aliphatic imine (C=N–C) groups is 2. The number of carbonyl (C=O) groups excluding carboxylic acids is 3. The minimum Gasteiger partial charge on any atom is -0.305 e. The van der Waals surface area contributed by atoms with Crippen molar-refractivity contribution in [1.82, 2.24) is 20.6 Å². The third-order valence-electron chi connectivity index (χ3n) is 7.59. The average Bonchev–Trinajstić information content (AvgIpc) is 3.95. The molecule has 2 aliphatic heterocycles. The Bertz CT molecular complexity index is 2310. The van der Waals surface area contributed by atoms with Crippen molar-refractivity contribution in [3.63, 3.8) is 0 Å². The molecular weight excluding hydrogens is 717 g/mol. The van der Waals surface area contributed by atoms with Crippen LogP contribution in [0.1, 0.15) is 36.8 Å². The number of aryl methyl sites for hydroxylation is 2. The first-order valence-electron chi connectivity index (χ1n) is 15.8. The fraction of sp³-hybridized carbons (Fsp3) is 0.132. The molecule has 256 valence electrons. The largest absolute Gasteiger partial charge is 0.305 e. The van der Waals surface area contributed by atoms with Crippen LogP contribution < -0.4 is 10.6 Å². The first-order chi connectivity index (χ1) is 24.8. The van der Waals surface area contributed by atoms with Crippen LogP contribution in [0.25, 0.3) is 27.9 Å². The quantitative estimate of drug-likeness (QED) is 0.130. The van der Waals surface area contributed by atoms with E-state index in [0.29, 0.717) is 34.5 Å². The highest BCUT2D eigenvalue weighted by molar-refractivity contribution is 8.18. The van der Waals surface area contributed by atoms with Crippen molar-refractivity contribution in [2.24, 2.45) is 9.98 Å². The summed E-state index contributed by atoms with van der Waals surface area (Å²) in [5, 5.41) is 13.1. The van der Waals surface area contributed by atoms with Crippen molar-refractivity contribution in [3.05, 3.63) is 133 Å². The maximum absolute atomic E-state index is 12.2. The molecule has 0 spiro atoms. The van der Waals surface area contributed by atoms with Gasteiger partial charge in [0, 0.05) is 38.5 Å². The van der Waals surface area contributed by atoms with E-state index >= 15 is 0 Å². The van der Waals surface area contributed by atoms with Crippen LogP contribution in [0.5, 0.6) is 0 Å². The molecule has 2 N–H and O–H groups in total. The zero-order chi connectivity index (χ0) is 35.6. The van der Waals surface area contributed by atoms with Gasteiger partial charge in [-0.25, -0.2) is 0 Å². The number of hydrogen-bond donors (Lipinski definition) is 2. The number of benzene rings is 2. The minimum atomic E-state index is -0.0991. The molecule has 2 amide bonds. The molecule has 4 aromatic heterocycles. The molecule has 0 aliphatic carbocycles. The standard InChI is InChI=1S/C19H15N3OS2.C10H7NO.C9H10N2OS2/c1-12-6-8-24-17(12)11-21-19-22-18(23)16(25-19)10-13-4-5-15-14(9-13)3-2-7-20-15;12-7-8-3-4-10-9(6-8)2-1-5-11-10;1-6-2-3-13-7(6)4-10-9-11-8(12)5-14-9/h2-10H,11H2,1H3,(H,21,22,23);1-7H;2-3H,4-5H2,1H3,(H,10,11,12)/b16-10-;;. The van der Waals surface area contributed by atoms with E-state index in [9.17, 15) is 14.4 Å². The lowest BCUT2D eigenvalue weighted by Gasteiger charge is -1.99. The normalized spacial score (nSPS) is 16.2. The Morgan fingerprint density at radius 2 is 1.33 bits per heavy atom. The fourth-order valence-electron chi connectivity index (χ4n) is 4.83. The number of nitrogens with one attached hydrogen (secondary N) is 2. The molecule has 2 saturated heterocycles. The van der Waals surface area contributed by atoms with Crippen molar-refractivity contribution in [1.29, 1.82) is 0 Å². The molecule has 8 rings (SSSR count). The molecule has 9 nitrogen and oxygen atoms in total. The summed E-state index contributed by atoms with van der Waals surface area (Å²) in [5.41, 5.74) is 6.05. The molecule has 2 fully saturated rings. The Hall–Kier alpha value is -4.95. The number of hydrogen-bond acceptors (Lipinski definition) is 11. The molecule has 0 atom stereocenters. The molecule has 0 unspecified atom stereocenters. The van der Waals surface area contributed by atoms with Crippen molar-refractivity contribution in [2.45, 2.75) is 26.9 Å². The maximum atomic E-state index is 12.2. The smallest absolute Gasteiger partial charge is 0.264 e. The summed E-state index contributed by atoms with van der Waals surface area (Å²) >= 11 is 6.25. The summed E-state index contributed by atoms with van der Waals surface area (Å²) < 4.78 is 0. The summed E-state index contributed by atoms with van der Waals surface area (Å²) in [4.78, 5) is 54.0. The third-order valence-corrected chi connectivity index (χ3v) is 11.5. The van der Waals surface area contributed by atoms with Gasteiger partial charge in [0.2, 0.25) is 5.91 Å². The van der Waals surface area contributed by atoms with Gasteiger partial charge in [-0.2, -0.15) is 0 Å². The van der Waals surface area contributed by atoms with Crippen LogP contribution in [0.15, 0.2) is 111 Å². The van der Waals surface area contributed by atoms with Gasteiger partial charge in [-0.05, 0) is 114 Å². The van der Waals surface area contributed by atoms with Crippen LogP contribution in [-0.2, 0) is 22.7 Å². The lowest BCUT2D eigenvalue weighted by atomic mass is 10.1. The van der Waals surface area contributed by atoms with Crippen molar-refractivity contribution >= 4 is 103 Å². The van der Waals surface area contributed by atoms with Gasteiger partial charge in [0.1, 0.15) is 6.29 Å². The van der Waals surface area contributed by atoms with E-state index < -0.39 is 0 Å². The number of aromatic nitrogens is 2. The SMILES string of the molecule is Cc1ccsc1CN=C1NC(=O)/C(=C/c2ccc3ncccc3c2)S1.Cc1ccsc1CN=C1NC(=O)CS1.O=Cc1ccc2ncccc2c1. The number of thioether (sulfide) groups is 2. The molecule has 6 aromatic rings. The zero-order valence-corrected chi connectivity index (χ0v) is 30.9. The van der Waals surface area contributed by atoms with E-state index in [2.05, 4.69) is 67.3 Å². The maximum Gasteiger partial charge on any atom is 0.264 e. The number of rotatable bonds is 6. The third kappa shape index (κ3) is 9.85. The van der Waals surface area contributed by atoms with E-state index in [4.69, 9.17) is 0 Å². The summed E-state index contributed by atoms with van der Waals surface area (Å²) in [6.07, 6.45) is 6.25. The topological polar surface area (TPSA) is 126 Å². The van der Waals surface area contributed by atoms with Crippen LogP contribution in [0, 0.1) is 13.8 Å². The lowest BCUT2D eigenvalue weighted by molar-refractivity contribution is -0.117. The van der Waals surface area contributed by atoms with Gasteiger partial charge < -0.3 is 10.6 Å². The molecule has 13 heteroatoms. The number of thiophene rings is 2. The number of carbonyl (C=O) groups is 3. The summed E-state index contributed by atoms with van der Waals surface area (Å²) in [6.45, 7) is 5.42. The molecule has 0 bridgehead atoms. The Morgan fingerprint density at radius 1 is 0.745 bits per heavy atom. The van der Waals surface area contributed by atoms with Gasteiger partial charge in [-0.15, -0.1) is 22.7 Å². The number of amidine groups is 2. The Labute approximate surface area is 311 Å². The van der Waals surface area contributed by atoms with E-state index in [-0.39, 0.29) is 11.8 Å². The molecule has 6 heterocycles. The van der Waals surface area contributed by atoms with Crippen LogP contribution in [0.4, 0.5) is 0 Å². The first kappa shape index (κ1) is 35.9. The summed E-state index contributed by atoms with van der Waals surface area (Å²) in [5.74, 6) is 0.456. The van der Waals surface area contributed by atoms with Crippen LogP contribution in [-0.4, -0.2) is 44.2 Å². The van der Waals surface area contributed by atoms with Crippen LogP contribution in [0.3, 0.4) is 0 Å². The molecular formula is C38H32N6O3S4. The number of aldehydes is 1. The second-order valence-corrected chi connectivity index (χ2v) is 15.2. The Morgan fingerprint density at radius 3 is 1.88 bits per heavy atom. The molecule has 0 saturated carbocycles. The predicted molar refractivity (Wildman–Crippen MR) is 214 cm³/mol. The first-order valence-corrected chi connectivity index (χ1v) is 19.3. The second-order valence-electron chi connectivity index (χ2n) is 11.2. The predicted octanol–water partition coefficient (Wildman–Crippen LogP) is 8.19. The minimum absolute atomic E-state index is 0.0525. The summed E-state index contributed by atoms with van der Waals surface area (Å²) in [6, 6.07) is 23.3. The van der Waals surface area contributed by atoms with E-state index in [1.807, 2.05) is 60.7 Å². The fourth-order valence-corrected chi connectivity index (χ4v) is 7.99. The van der Waals surface area contributed by atoms with Crippen molar-refractivity contribution in [2.75, 3.05) is 5.75 Å². The summed E-state index contributed by atoms with van der Waals surface area (Å²) in [7, 11) is 0. The highest BCUT2D eigenvalue weighted by atomic mass is 32.2. The van der Waals surface area contributed by atoms with Gasteiger partial charge in [-0.1, -0.05) is 30.0 Å². The van der Waals surface area contributed by atoms with Crippen LogP contribution >= 0.6 is 46.2 Å². The number of pyridine rings is 2. The second kappa shape index (κ2) is 17.3. The number of nitrogens with zero attached hydrogens (tertiary/aromatic N) is 4. The molecule has 0 radical (unpaired) electrons. The monoisotopic (exact) mass is 748 g/mol. The molecule has 51 heavy (non-hydrogen) atoms. The van der Waals surface area contributed by atoms with Crippen LogP contribution in [0.2, 0.25) is 0 Å². The van der Waals surface area contributed by atoms with Crippen molar-refractivity contribution in [3.8, 4) is 0 Å². The van der Waals surface area contributed by atoms with E-state index in [1.54, 1.807) is 41.1 Å².